The molecule has 0 saturated carbocycles. The van der Waals surface area contributed by atoms with E-state index in [1.807, 2.05) is 13.8 Å². The summed E-state index contributed by atoms with van der Waals surface area (Å²) in [6.45, 7) is 3.32. The molecule has 0 aliphatic carbocycles. The molecule has 0 aliphatic rings. The molecule has 0 fully saturated rings. The molecule has 19 heavy (non-hydrogen) atoms. The number of nitrogens with one attached hydrogen (secondary N) is 1. The van der Waals surface area contributed by atoms with Crippen molar-refractivity contribution in [1.29, 1.82) is 0 Å². The Labute approximate surface area is 117 Å². The van der Waals surface area contributed by atoms with Gasteiger partial charge in [0.15, 0.2) is 0 Å². The second-order valence-corrected chi connectivity index (χ2v) is 5.01. The van der Waals surface area contributed by atoms with Crippen molar-refractivity contribution in [3.8, 4) is 0 Å². The van der Waals surface area contributed by atoms with E-state index >= 15 is 0 Å². The van der Waals surface area contributed by atoms with Crippen LogP contribution in [0.2, 0.25) is 0 Å². The summed E-state index contributed by atoms with van der Waals surface area (Å²) in [5.74, 6) is -0.493. The highest BCUT2D eigenvalue weighted by molar-refractivity contribution is 7.80. The van der Waals surface area contributed by atoms with E-state index in [4.69, 9.17) is 18.0 Å². The van der Waals surface area contributed by atoms with Crippen molar-refractivity contribution in [3.63, 3.8) is 0 Å². The van der Waals surface area contributed by atoms with Gasteiger partial charge in [0.25, 0.3) is 0 Å². The number of rotatable bonds is 8. The smallest absolute Gasteiger partial charge is 0.390 e. The fourth-order valence-corrected chi connectivity index (χ4v) is 2.35. The maximum atomic E-state index is 12.1. The van der Waals surface area contributed by atoms with Crippen molar-refractivity contribution >= 4 is 23.1 Å². The van der Waals surface area contributed by atoms with E-state index < -0.39 is 30.5 Å². The van der Waals surface area contributed by atoms with Crippen LogP contribution in [0.1, 0.15) is 46.0 Å². The number of halogens is 3. The maximum Gasteiger partial charge on any atom is 0.390 e. The number of thiocarbonyl (C=S) groups is 1. The highest BCUT2D eigenvalue weighted by Crippen LogP contribution is 2.31. The third-order valence-corrected chi connectivity index (χ3v) is 3.34. The molecule has 0 unspecified atom stereocenters. The zero-order chi connectivity index (χ0) is 15.1. The van der Waals surface area contributed by atoms with Crippen LogP contribution >= 0.6 is 12.2 Å². The van der Waals surface area contributed by atoms with Crippen LogP contribution < -0.4 is 11.1 Å². The molecule has 3 N–H and O–H groups in total. The Hall–Kier alpha value is -0.850. The van der Waals surface area contributed by atoms with Crippen LogP contribution in [0.3, 0.4) is 0 Å². The lowest BCUT2D eigenvalue weighted by atomic mass is 9.78. The number of nitrogens with two attached hydrogens (primary N) is 1. The van der Waals surface area contributed by atoms with Gasteiger partial charge in [-0.1, -0.05) is 38.9 Å². The Morgan fingerprint density at radius 2 is 1.63 bits per heavy atom. The predicted molar refractivity (Wildman–Crippen MR) is 72.7 cm³/mol. The first-order valence-corrected chi connectivity index (χ1v) is 6.75. The predicted octanol–water partition coefficient (Wildman–Crippen LogP) is 2.93. The first-order chi connectivity index (χ1) is 8.69. The fourth-order valence-electron chi connectivity index (χ4n) is 2.05. The Morgan fingerprint density at radius 1 is 1.16 bits per heavy atom. The van der Waals surface area contributed by atoms with E-state index in [1.54, 1.807) is 0 Å². The minimum Gasteiger partial charge on any atom is -0.392 e. The molecule has 0 spiro atoms. The lowest BCUT2D eigenvalue weighted by Gasteiger charge is -2.31. The van der Waals surface area contributed by atoms with Crippen molar-refractivity contribution < 1.29 is 18.0 Å². The SMILES string of the molecule is CCCC(CCC)(C(=O)NCCC(F)(F)F)C(N)=S. The summed E-state index contributed by atoms with van der Waals surface area (Å²) < 4.78 is 36.2. The highest BCUT2D eigenvalue weighted by Gasteiger charge is 2.40. The molecule has 1 amide bonds. The summed E-state index contributed by atoms with van der Waals surface area (Å²) in [5.41, 5.74) is 4.63. The second-order valence-electron chi connectivity index (χ2n) is 4.57. The fraction of sp³-hybridized carbons (Fsp3) is 0.833. The van der Waals surface area contributed by atoms with Gasteiger partial charge in [0.05, 0.1) is 16.8 Å². The zero-order valence-corrected chi connectivity index (χ0v) is 12.1. The summed E-state index contributed by atoms with van der Waals surface area (Å²) in [6.07, 6.45) is -3.06. The number of hydrogen-bond acceptors (Lipinski definition) is 2. The lowest BCUT2D eigenvalue weighted by Crippen LogP contribution is -2.49. The third-order valence-electron chi connectivity index (χ3n) is 2.95. The Balaban J connectivity index is 4.76. The van der Waals surface area contributed by atoms with Gasteiger partial charge in [0.1, 0.15) is 0 Å². The van der Waals surface area contributed by atoms with E-state index in [0.717, 1.165) is 0 Å². The topological polar surface area (TPSA) is 55.1 Å². The maximum absolute atomic E-state index is 12.1. The standard InChI is InChI=1S/C12H21F3N2OS/c1-3-5-11(6-4-2,9(16)19)10(18)17-8-7-12(13,14)15/h3-8H2,1-2H3,(H2,16,19)(H,17,18). The van der Waals surface area contributed by atoms with E-state index in [2.05, 4.69) is 5.32 Å². The van der Waals surface area contributed by atoms with Crippen molar-refractivity contribution in [1.82, 2.24) is 5.32 Å². The summed E-state index contributed by atoms with van der Waals surface area (Å²) in [7, 11) is 0. The van der Waals surface area contributed by atoms with Crippen molar-refractivity contribution in [2.24, 2.45) is 11.1 Å². The molecule has 0 aromatic heterocycles. The van der Waals surface area contributed by atoms with Crippen molar-refractivity contribution in [3.05, 3.63) is 0 Å². The molecular weight excluding hydrogens is 277 g/mol. The third kappa shape index (κ3) is 5.76. The summed E-state index contributed by atoms with van der Waals surface area (Å²) in [6, 6.07) is 0. The molecule has 0 aliphatic heterocycles. The average Bonchev–Trinajstić information content (AvgIpc) is 2.26. The van der Waals surface area contributed by atoms with Gasteiger partial charge in [-0.2, -0.15) is 13.2 Å². The minimum atomic E-state index is -4.28. The number of amides is 1. The van der Waals surface area contributed by atoms with Crippen LogP contribution in [0.15, 0.2) is 0 Å². The van der Waals surface area contributed by atoms with Crippen molar-refractivity contribution in [2.75, 3.05) is 6.54 Å². The molecule has 3 nitrogen and oxygen atoms in total. The molecule has 0 rings (SSSR count). The van der Waals surface area contributed by atoms with Gasteiger partial charge in [-0.3, -0.25) is 4.79 Å². The van der Waals surface area contributed by atoms with Gasteiger partial charge < -0.3 is 11.1 Å². The summed E-state index contributed by atoms with van der Waals surface area (Å²) in [4.78, 5) is 12.2. The molecule has 0 heterocycles. The van der Waals surface area contributed by atoms with Crippen LogP contribution in [0, 0.1) is 5.41 Å². The first-order valence-electron chi connectivity index (χ1n) is 6.34. The average molecular weight is 298 g/mol. The van der Waals surface area contributed by atoms with Gasteiger partial charge in [0.2, 0.25) is 5.91 Å². The highest BCUT2D eigenvalue weighted by atomic mass is 32.1. The molecule has 7 heteroatoms. The van der Waals surface area contributed by atoms with E-state index in [9.17, 15) is 18.0 Å². The van der Waals surface area contributed by atoms with Gasteiger partial charge in [-0.05, 0) is 12.8 Å². The van der Waals surface area contributed by atoms with Crippen LogP contribution in [-0.2, 0) is 4.79 Å². The second kappa shape index (κ2) is 7.67. The number of hydrogen-bond donors (Lipinski definition) is 2. The molecular formula is C12H21F3N2OS. The normalized spacial score (nSPS) is 12.3. The van der Waals surface area contributed by atoms with Crippen LogP contribution in [-0.4, -0.2) is 23.6 Å². The number of carbonyl (C=O) groups excluding carboxylic acids is 1. The van der Waals surface area contributed by atoms with Gasteiger partial charge in [-0.25, -0.2) is 0 Å². The van der Waals surface area contributed by atoms with E-state index in [1.165, 1.54) is 0 Å². The molecule has 0 atom stereocenters. The Kier molecular flexibility index (Phi) is 7.33. The number of carbonyl (C=O) groups is 1. The largest absolute Gasteiger partial charge is 0.392 e. The molecule has 0 radical (unpaired) electrons. The Morgan fingerprint density at radius 3 is 1.95 bits per heavy atom. The first kappa shape index (κ1) is 18.1. The molecule has 0 aromatic carbocycles. The molecule has 0 bridgehead atoms. The summed E-state index contributed by atoms with van der Waals surface area (Å²) >= 11 is 4.95. The lowest BCUT2D eigenvalue weighted by molar-refractivity contribution is -0.137. The van der Waals surface area contributed by atoms with Gasteiger partial charge in [0, 0.05) is 6.54 Å². The van der Waals surface area contributed by atoms with E-state index in [-0.39, 0.29) is 4.99 Å². The quantitative estimate of drug-likeness (QED) is 0.677. The Bertz CT molecular complexity index is 313. The minimum absolute atomic E-state index is 0.0562. The number of alkyl halides is 3. The van der Waals surface area contributed by atoms with Crippen molar-refractivity contribution in [2.45, 2.75) is 52.1 Å². The van der Waals surface area contributed by atoms with Crippen LogP contribution in [0.5, 0.6) is 0 Å². The monoisotopic (exact) mass is 298 g/mol. The molecule has 112 valence electrons. The molecule has 0 aromatic rings. The molecule has 0 saturated heterocycles. The summed E-state index contributed by atoms with van der Waals surface area (Å²) in [5, 5.41) is 2.30. The van der Waals surface area contributed by atoms with Crippen LogP contribution in [0.4, 0.5) is 13.2 Å². The van der Waals surface area contributed by atoms with Gasteiger partial charge in [-0.15, -0.1) is 0 Å². The van der Waals surface area contributed by atoms with Gasteiger partial charge >= 0.3 is 6.18 Å². The zero-order valence-electron chi connectivity index (χ0n) is 11.3. The van der Waals surface area contributed by atoms with E-state index in [0.29, 0.717) is 25.7 Å². The van der Waals surface area contributed by atoms with Crippen LogP contribution in [0.25, 0.3) is 0 Å².